The maximum Gasteiger partial charge on any atom is 0.308 e. The summed E-state index contributed by atoms with van der Waals surface area (Å²) in [5.41, 5.74) is 1.01. The summed E-state index contributed by atoms with van der Waals surface area (Å²) in [6, 6.07) is 4.62. The van der Waals surface area contributed by atoms with E-state index in [0.717, 1.165) is 36.0 Å². The Balaban J connectivity index is 1.74. The first-order chi connectivity index (χ1) is 8.65. The van der Waals surface area contributed by atoms with Crippen molar-refractivity contribution in [2.75, 3.05) is 0 Å². The molecule has 2 bridgehead atoms. The first-order valence-corrected chi connectivity index (χ1v) is 7.03. The maximum absolute atomic E-state index is 11.2. The summed E-state index contributed by atoms with van der Waals surface area (Å²) in [4.78, 5) is 17.9. The summed E-state index contributed by atoms with van der Waals surface area (Å²) in [5, 5.41) is 9.21. The Morgan fingerprint density at radius 3 is 2.94 bits per heavy atom. The molecule has 0 saturated carbocycles. The Morgan fingerprint density at radius 1 is 1.50 bits per heavy atom. The highest BCUT2D eigenvalue weighted by atomic mass is 79.9. The largest absolute Gasteiger partial charge is 0.481 e. The summed E-state index contributed by atoms with van der Waals surface area (Å²) < 4.78 is 0.971. The van der Waals surface area contributed by atoms with Crippen molar-refractivity contribution in [3.8, 4) is 0 Å². The summed E-state index contributed by atoms with van der Waals surface area (Å²) in [7, 11) is 0. The van der Waals surface area contributed by atoms with Crippen molar-refractivity contribution in [3.63, 3.8) is 0 Å². The highest BCUT2D eigenvalue weighted by Gasteiger charge is 2.49. The molecular formula is C13H15BrN2O2. The van der Waals surface area contributed by atoms with Gasteiger partial charge in [-0.2, -0.15) is 0 Å². The summed E-state index contributed by atoms with van der Waals surface area (Å²) in [5.74, 6) is -0.824. The zero-order valence-corrected chi connectivity index (χ0v) is 11.5. The fourth-order valence-electron chi connectivity index (χ4n) is 3.30. The van der Waals surface area contributed by atoms with Gasteiger partial charge in [0.2, 0.25) is 0 Å². The average molecular weight is 311 g/mol. The van der Waals surface area contributed by atoms with Crippen LogP contribution in [0.1, 0.15) is 25.0 Å². The number of carboxylic acids is 1. The van der Waals surface area contributed by atoms with Crippen LogP contribution in [0.25, 0.3) is 0 Å². The number of pyridine rings is 1. The molecule has 0 aliphatic carbocycles. The molecule has 0 radical (unpaired) electrons. The van der Waals surface area contributed by atoms with E-state index < -0.39 is 5.97 Å². The molecule has 3 atom stereocenters. The van der Waals surface area contributed by atoms with Gasteiger partial charge < -0.3 is 5.11 Å². The van der Waals surface area contributed by atoms with Crippen LogP contribution >= 0.6 is 15.9 Å². The van der Waals surface area contributed by atoms with Crippen molar-refractivity contribution < 1.29 is 9.90 Å². The molecule has 2 aliphatic rings. The van der Waals surface area contributed by atoms with Crippen LogP contribution in [-0.2, 0) is 11.3 Å². The quantitative estimate of drug-likeness (QED) is 0.930. The van der Waals surface area contributed by atoms with Gasteiger partial charge in [-0.15, -0.1) is 0 Å². The maximum atomic E-state index is 11.2. The number of aliphatic carboxylic acids is 1. The molecule has 1 N–H and O–H groups in total. The average Bonchev–Trinajstić information content (AvgIpc) is 2.89. The monoisotopic (exact) mass is 310 g/mol. The Labute approximate surface area is 114 Å². The molecule has 0 aromatic carbocycles. The minimum absolute atomic E-state index is 0.181. The van der Waals surface area contributed by atoms with Crippen LogP contribution < -0.4 is 0 Å². The van der Waals surface area contributed by atoms with Gasteiger partial charge in [0.15, 0.2) is 0 Å². The van der Waals surface area contributed by atoms with Crippen molar-refractivity contribution in [2.24, 2.45) is 5.92 Å². The van der Waals surface area contributed by atoms with Crippen LogP contribution in [0.5, 0.6) is 0 Å². The molecular weight excluding hydrogens is 296 g/mol. The van der Waals surface area contributed by atoms with E-state index in [1.54, 1.807) is 6.20 Å². The Bertz CT molecular complexity index is 463. The van der Waals surface area contributed by atoms with Crippen LogP contribution in [-0.4, -0.2) is 33.0 Å². The van der Waals surface area contributed by atoms with E-state index in [4.69, 9.17) is 0 Å². The van der Waals surface area contributed by atoms with Crippen molar-refractivity contribution in [1.29, 1.82) is 0 Å². The number of fused-ring (bicyclic) bond motifs is 2. The third kappa shape index (κ3) is 2.06. The third-order valence-electron chi connectivity index (χ3n) is 4.13. The van der Waals surface area contributed by atoms with Gasteiger partial charge in [0.1, 0.15) is 0 Å². The summed E-state index contributed by atoms with van der Waals surface area (Å²) in [6.07, 6.45) is 4.74. The lowest BCUT2D eigenvalue weighted by Gasteiger charge is -2.22. The van der Waals surface area contributed by atoms with E-state index in [0.29, 0.717) is 6.04 Å². The number of rotatable bonds is 3. The first kappa shape index (κ1) is 12.1. The van der Waals surface area contributed by atoms with Crippen molar-refractivity contribution in [1.82, 2.24) is 9.88 Å². The first-order valence-electron chi connectivity index (χ1n) is 6.24. The van der Waals surface area contributed by atoms with Crippen LogP contribution in [0.4, 0.5) is 0 Å². The van der Waals surface area contributed by atoms with Gasteiger partial charge in [0, 0.05) is 29.3 Å². The fourth-order valence-corrected chi connectivity index (χ4v) is 3.53. The zero-order chi connectivity index (χ0) is 12.7. The molecule has 96 valence electrons. The molecule has 3 rings (SSSR count). The molecule has 0 spiro atoms. The van der Waals surface area contributed by atoms with E-state index >= 15 is 0 Å². The highest BCUT2D eigenvalue weighted by molar-refractivity contribution is 9.10. The van der Waals surface area contributed by atoms with Crippen LogP contribution in [0.2, 0.25) is 0 Å². The van der Waals surface area contributed by atoms with Crippen molar-refractivity contribution >= 4 is 21.9 Å². The minimum atomic E-state index is -0.643. The molecule has 4 nitrogen and oxygen atoms in total. The van der Waals surface area contributed by atoms with Gasteiger partial charge in [0.25, 0.3) is 0 Å². The number of halogens is 1. The van der Waals surface area contributed by atoms with Crippen LogP contribution in [0.3, 0.4) is 0 Å². The lowest BCUT2D eigenvalue weighted by molar-refractivity contribution is -0.142. The topological polar surface area (TPSA) is 53.4 Å². The number of hydrogen-bond donors (Lipinski definition) is 1. The zero-order valence-electron chi connectivity index (χ0n) is 9.92. The minimum Gasteiger partial charge on any atom is -0.481 e. The molecule has 1 aromatic rings. The van der Waals surface area contributed by atoms with E-state index in [1.807, 2.05) is 12.1 Å². The van der Waals surface area contributed by atoms with E-state index in [2.05, 4.69) is 25.8 Å². The van der Waals surface area contributed by atoms with E-state index in [9.17, 15) is 9.90 Å². The van der Waals surface area contributed by atoms with Crippen molar-refractivity contribution in [2.45, 2.75) is 37.9 Å². The van der Waals surface area contributed by atoms with E-state index in [-0.39, 0.29) is 12.0 Å². The van der Waals surface area contributed by atoms with Gasteiger partial charge in [0.05, 0.1) is 11.6 Å². The molecule has 3 heterocycles. The van der Waals surface area contributed by atoms with Gasteiger partial charge in [-0.1, -0.05) is 0 Å². The van der Waals surface area contributed by atoms with Crippen molar-refractivity contribution in [3.05, 3.63) is 28.5 Å². The molecule has 3 unspecified atom stereocenters. The molecule has 5 heteroatoms. The van der Waals surface area contributed by atoms with Gasteiger partial charge in [-0.3, -0.25) is 14.7 Å². The number of nitrogens with zero attached hydrogens (tertiary/aromatic N) is 2. The lowest BCUT2D eigenvalue weighted by atomic mass is 9.89. The molecule has 1 aromatic heterocycles. The van der Waals surface area contributed by atoms with Gasteiger partial charge in [-0.05, 0) is 47.3 Å². The smallest absolute Gasteiger partial charge is 0.308 e. The molecule has 2 fully saturated rings. The lowest BCUT2D eigenvalue weighted by Crippen LogP contribution is -2.32. The molecule has 2 saturated heterocycles. The Morgan fingerprint density at radius 2 is 2.33 bits per heavy atom. The molecule has 2 aliphatic heterocycles. The van der Waals surface area contributed by atoms with Gasteiger partial charge >= 0.3 is 5.97 Å². The normalized spacial score (nSPS) is 30.8. The van der Waals surface area contributed by atoms with Crippen LogP contribution in [0.15, 0.2) is 22.8 Å². The number of aromatic nitrogens is 1. The third-order valence-corrected chi connectivity index (χ3v) is 4.60. The highest BCUT2D eigenvalue weighted by Crippen LogP contribution is 2.42. The molecule has 18 heavy (non-hydrogen) atoms. The standard InChI is InChI=1S/C13H15BrN2O2/c14-8-1-2-9(15-6-8)7-16-10-3-4-12(16)11(5-10)13(17)18/h1-2,6,10-12H,3-5,7H2,(H,17,18). The Kier molecular flexibility index (Phi) is 3.11. The second kappa shape index (κ2) is 4.63. The fraction of sp³-hybridized carbons (Fsp3) is 0.538. The summed E-state index contributed by atoms with van der Waals surface area (Å²) in [6.45, 7) is 0.770. The second-order valence-corrected chi connectivity index (χ2v) is 6.03. The van der Waals surface area contributed by atoms with E-state index in [1.165, 1.54) is 0 Å². The van der Waals surface area contributed by atoms with Crippen LogP contribution in [0, 0.1) is 5.92 Å². The SMILES string of the molecule is O=C(O)C1CC2CCC1N2Cc1ccc(Br)cn1. The number of hydrogen-bond acceptors (Lipinski definition) is 3. The predicted molar refractivity (Wildman–Crippen MR) is 70.0 cm³/mol. The van der Waals surface area contributed by atoms with Gasteiger partial charge in [-0.25, -0.2) is 0 Å². The molecule has 0 amide bonds. The number of carbonyl (C=O) groups is 1. The Hall–Kier alpha value is -0.940. The number of carboxylic acid groups (broad SMARTS) is 1. The second-order valence-electron chi connectivity index (χ2n) is 5.12. The predicted octanol–water partition coefficient (Wildman–Crippen LogP) is 2.28. The summed E-state index contributed by atoms with van der Waals surface area (Å²) >= 11 is 3.37.